The fourth-order valence-electron chi connectivity index (χ4n) is 3.13. The van der Waals surface area contributed by atoms with Gasteiger partial charge in [-0.3, -0.25) is 9.59 Å². The van der Waals surface area contributed by atoms with Gasteiger partial charge in [-0.15, -0.1) is 0 Å². The van der Waals surface area contributed by atoms with Gasteiger partial charge >= 0.3 is 0 Å². The standard InChI is InChI=1S/C21H42N2O3/c1-11-17(4)19(25)23(10)13-21(7,8)15-26-14-20(5,6)12-22(9)18(24)16(2)3/h16-17H,11-15H2,1-10H3. The summed E-state index contributed by atoms with van der Waals surface area (Å²) in [6, 6.07) is 0. The Balaban J connectivity index is 4.50. The molecule has 0 saturated heterocycles. The molecule has 1 unspecified atom stereocenters. The maximum atomic E-state index is 12.3. The second-order valence-corrected chi connectivity index (χ2v) is 9.67. The average Bonchev–Trinajstić information content (AvgIpc) is 2.50. The summed E-state index contributed by atoms with van der Waals surface area (Å²) in [6.07, 6.45) is 0.858. The van der Waals surface area contributed by atoms with Crippen molar-refractivity contribution < 1.29 is 14.3 Å². The van der Waals surface area contributed by atoms with Crippen molar-refractivity contribution >= 4 is 11.8 Å². The minimum absolute atomic E-state index is 0.00855. The van der Waals surface area contributed by atoms with Gasteiger partial charge in [0.05, 0.1) is 13.2 Å². The predicted octanol–water partition coefficient (Wildman–Crippen LogP) is 3.67. The summed E-state index contributed by atoms with van der Waals surface area (Å²) in [5.41, 5.74) is -0.235. The van der Waals surface area contributed by atoms with Crippen LogP contribution in [-0.2, 0) is 14.3 Å². The molecule has 0 aliphatic rings. The second-order valence-electron chi connectivity index (χ2n) is 9.67. The van der Waals surface area contributed by atoms with Crippen LogP contribution in [0.3, 0.4) is 0 Å². The van der Waals surface area contributed by atoms with Gasteiger partial charge in [0.2, 0.25) is 11.8 Å². The number of nitrogens with zero attached hydrogens (tertiary/aromatic N) is 2. The molecule has 2 amide bonds. The third-order valence-electron chi connectivity index (χ3n) is 4.60. The van der Waals surface area contributed by atoms with Gasteiger partial charge in [-0.2, -0.15) is 0 Å². The van der Waals surface area contributed by atoms with Crippen LogP contribution in [-0.4, -0.2) is 62.0 Å². The molecule has 0 fully saturated rings. The van der Waals surface area contributed by atoms with Crippen LogP contribution >= 0.6 is 0 Å². The van der Waals surface area contributed by atoms with E-state index in [4.69, 9.17) is 4.74 Å². The first kappa shape index (κ1) is 24.9. The van der Waals surface area contributed by atoms with E-state index in [2.05, 4.69) is 27.7 Å². The summed E-state index contributed by atoms with van der Waals surface area (Å²) < 4.78 is 6.00. The molecule has 0 aliphatic carbocycles. The highest BCUT2D eigenvalue weighted by Gasteiger charge is 2.28. The molecule has 26 heavy (non-hydrogen) atoms. The molecule has 1 atom stereocenters. The van der Waals surface area contributed by atoms with E-state index < -0.39 is 0 Å². The molecule has 0 aliphatic heterocycles. The van der Waals surface area contributed by atoms with E-state index >= 15 is 0 Å². The third-order valence-corrected chi connectivity index (χ3v) is 4.60. The first-order valence-electron chi connectivity index (χ1n) is 9.80. The fourth-order valence-corrected chi connectivity index (χ4v) is 3.13. The van der Waals surface area contributed by atoms with Crippen molar-refractivity contribution in [2.24, 2.45) is 22.7 Å². The SMILES string of the molecule is CCC(C)C(=O)N(C)CC(C)(C)COCC(C)(C)CN(C)C(=O)C(C)C. The van der Waals surface area contributed by atoms with Crippen LogP contribution < -0.4 is 0 Å². The molecule has 0 aromatic rings. The maximum Gasteiger partial charge on any atom is 0.225 e. The van der Waals surface area contributed by atoms with Crippen LogP contribution in [0, 0.1) is 22.7 Å². The van der Waals surface area contributed by atoms with E-state index in [9.17, 15) is 9.59 Å². The number of carbonyl (C=O) groups excluding carboxylic acids is 2. The highest BCUT2D eigenvalue weighted by atomic mass is 16.5. The molecule has 5 nitrogen and oxygen atoms in total. The Labute approximate surface area is 161 Å². The van der Waals surface area contributed by atoms with E-state index in [1.54, 1.807) is 4.90 Å². The van der Waals surface area contributed by atoms with E-state index in [-0.39, 0.29) is 34.5 Å². The van der Waals surface area contributed by atoms with Gasteiger partial charge in [-0.05, 0) is 6.42 Å². The summed E-state index contributed by atoms with van der Waals surface area (Å²) in [7, 11) is 3.72. The smallest absolute Gasteiger partial charge is 0.225 e. The van der Waals surface area contributed by atoms with Crippen molar-refractivity contribution in [3.8, 4) is 0 Å². The Morgan fingerprint density at radius 1 is 0.846 bits per heavy atom. The Hall–Kier alpha value is -1.10. The summed E-state index contributed by atoms with van der Waals surface area (Å²) in [4.78, 5) is 27.9. The van der Waals surface area contributed by atoms with Crippen LogP contribution in [0.25, 0.3) is 0 Å². The Morgan fingerprint density at radius 2 is 1.23 bits per heavy atom. The first-order valence-corrected chi connectivity index (χ1v) is 9.80. The van der Waals surface area contributed by atoms with Gasteiger partial charge in [0, 0.05) is 49.9 Å². The third kappa shape index (κ3) is 9.02. The van der Waals surface area contributed by atoms with Crippen LogP contribution in [0.1, 0.15) is 61.8 Å². The van der Waals surface area contributed by atoms with Gasteiger partial charge in [-0.1, -0.05) is 55.4 Å². The lowest BCUT2D eigenvalue weighted by molar-refractivity contribution is -0.135. The van der Waals surface area contributed by atoms with Crippen molar-refractivity contribution in [1.82, 2.24) is 9.80 Å². The molecular weight excluding hydrogens is 328 g/mol. The van der Waals surface area contributed by atoms with Crippen LogP contribution in [0.15, 0.2) is 0 Å². The molecule has 5 heteroatoms. The minimum atomic E-state index is -0.117. The van der Waals surface area contributed by atoms with Gasteiger partial charge in [0.15, 0.2) is 0 Å². The van der Waals surface area contributed by atoms with Crippen molar-refractivity contribution in [1.29, 1.82) is 0 Å². The molecule has 0 aromatic carbocycles. The molecule has 0 saturated carbocycles. The monoisotopic (exact) mass is 370 g/mol. The Kier molecular flexibility index (Phi) is 9.85. The van der Waals surface area contributed by atoms with E-state index in [1.165, 1.54) is 0 Å². The summed E-state index contributed by atoms with van der Waals surface area (Å²) in [5.74, 6) is 0.414. The Morgan fingerprint density at radius 3 is 1.58 bits per heavy atom. The minimum Gasteiger partial charge on any atom is -0.380 e. The molecule has 0 N–H and O–H groups in total. The molecule has 0 rings (SSSR count). The second kappa shape index (κ2) is 10.3. The van der Waals surface area contributed by atoms with Gasteiger partial charge < -0.3 is 14.5 Å². The first-order chi connectivity index (χ1) is 11.7. The summed E-state index contributed by atoms with van der Waals surface area (Å²) >= 11 is 0. The number of hydrogen-bond donors (Lipinski definition) is 0. The van der Waals surface area contributed by atoms with Crippen LogP contribution in [0.5, 0.6) is 0 Å². The van der Waals surface area contributed by atoms with Crippen LogP contribution in [0.2, 0.25) is 0 Å². The quantitative estimate of drug-likeness (QED) is 0.557. The number of amides is 2. The lowest BCUT2D eigenvalue weighted by Gasteiger charge is -2.34. The summed E-state index contributed by atoms with van der Waals surface area (Å²) in [6.45, 7) is 18.8. The zero-order chi connectivity index (χ0) is 20.7. The van der Waals surface area contributed by atoms with E-state index in [1.807, 2.05) is 46.7 Å². The number of carbonyl (C=O) groups is 2. The molecule has 0 aromatic heterocycles. The van der Waals surface area contributed by atoms with Crippen molar-refractivity contribution in [3.63, 3.8) is 0 Å². The zero-order valence-electron chi connectivity index (χ0n) is 18.8. The van der Waals surface area contributed by atoms with Gasteiger partial charge in [-0.25, -0.2) is 0 Å². The number of ether oxygens (including phenoxy) is 1. The molecule has 0 heterocycles. The molecular formula is C21H42N2O3. The average molecular weight is 371 g/mol. The lowest BCUT2D eigenvalue weighted by Crippen LogP contribution is -2.42. The molecule has 0 spiro atoms. The predicted molar refractivity (Wildman–Crippen MR) is 108 cm³/mol. The van der Waals surface area contributed by atoms with Gasteiger partial charge in [0.25, 0.3) is 0 Å². The number of rotatable bonds is 11. The van der Waals surface area contributed by atoms with E-state index in [0.29, 0.717) is 26.3 Å². The highest BCUT2D eigenvalue weighted by Crippen LogP contribution is 2.22. The van der Waals surface area contributed by atoms with E-state index in [0.717, 1.165) is 6.42 Å². The zero-order valence-corrected chi connectivity index (χ0v) is 18.8. The highest BCUT2D eigenvalue weighted by molar-refractivity contribution is 5.78. The molecule has 0 radical (unpaired) electrons. The lowest BCUT2D eigenvalue weighted by atomic mass is 9.92. The Bertz CT molecular complexity index is 458. The maximum absolute atomic E-state index is 12.3. The van der Waals surface area contributed by atoms with Crippen LogP contribution in [0.4, 0.5) is 0 Å². The normalized spacial score (nSPS) is 13.7. The van der Waals surface area contributed by atoms with Crippen molar-refractivity contribution in [3.05, 3.63) is 0 Å². The van der Waals surface area contributed by atoms with Crippen molar-refractivity contribution in [2.45, 2.75) is 61.8 Å². The van der Waals surface area contributed by atoms with Gasteiger partial charge in [0.1, 0.15) is 0 Å². The molecule has 0 bridgehead atoms. The van der Waals surface area contributed by atoms with Crippen molar-refractivity contribution in [2.75, 3.05) is 40.4 Å². The summed E-state index contributed by atoms with van der Waals surface area (Å²) in [5, 5.41) is 0. The molecule has 154 valence electrons. The largest absolute Gasteiger partial charge is 0.380 e. The fraction of sp³-hybridized carbons (Fsp3) is 0.905. The topological polar surface area (TPSA) is 49.9 Å². The number of hydrogen-bond acceptors (Lipinski definition) is 3.